The quantitative estimate of drug-likeness (QED) is 0.459. The maximum absolute atomic E-state index is 5.70. The van der Waals surface area contributed by atoms with Crippen molar-refractivity contribution in [2.24, 2.45) is 4.99 Å². The number of nitrogens with one attached hydrogen (secondary N) is 2. The molecule has 0 aromatic heterocycles. The lowest BCUT2D eigenvalue weighted by molar-refractivity contribution is 0.136. The molecule has 0 unspecified atom stereocenters. The highest BCUT2D eigenvalue weighted by atomic mass is 16.5. The van der Waals surface area contributed by atoms with Crippen molar-refractivity contribution in [2.45, 2.75) is 26.2 Å². The molecule has 1 aromatic rings. The van der Waals surface area contributed by atoms with Crippen LogP contribution in [0.2, 0.25) is 0 Å². The molecular weight excluding hydrogens is 294 g/mol. The van der Waals surface area contributed by atoms with Gasteiger partial charge in [0.25, 0.3) is 0 Å². The highest BCUT2D eigenvalue weighted by Crippen LogP contribution is 2.32. The predicted octanol–water partition coefficient (Wildman–Crippen LogP) is 2.65. The van der Waals surface area contributed by atoms with Crippen LogP contribution in [0.1, 0.15) is 26.2 Å². The first-order valence-electron chi connectivity index (χ1n) is 8.28. The number of hydrogen-bond donors (Lipinski definition) is 2. The average molecular weight is 321 g/mol. The Morgan fingerprint density at radius 1 is 1.22 bits per heavy atom. The molecule has 1 aromatic carbocycles. The summed E-state index contributed by atoms with van der Waals surface area (Å²) in [7, 11) is 1.75. The summed E-state index contributed by atoms with van der Waals surface area (Å²) in [5.41, 5.74) is 0.911. The summed E-state index contributed by atoms with van der Waals surface area (Å²) in [6.45, 7) is 5.73. The molecule has 0 aliphatic carbocycles. The number of guanidine groups is 1. The third kappa shape index (κ3) is 5.98. The van der Waals surface area contributed by atoms with Crippen LogP contribution in [-0.4, -0.2) is 46.0 Å². The average Bonchev–Trinajstić information content (AvgIpc) is 2.81. The summed E-state index contributed by atoms with van der Waals surface area (Å²) in [5, 5.41) is 6.48. The van der Waals surface area contributed by atoms with Crippen molar-refractivity contribution in [3.05, 3.63) is 18.2 Å². The molecule has 0 saturated carbocycles. The molecule has 0 fully saturated rings. The van der Waals surface area contributed by atoms with E-state index in [1.807, 2.05) is 18.2 Å². The van der Waals surface area contributed by atoms with Gasteiger partial charge in [-0.3, -0.25) is 4.99 Å². The van der Waals surface area contributed by atoms with Crippen LogP contribution < -0.4 is 20.1 Å². The van der Waals surface area contributed by atoms with Gasteiger partial charge in [-0.2, -0.15) is 0 Å². The van der Waals surface area contributed by atoms with Gasteiger partial charge in [0.1, 0.15) is 0 Å². The second-order valence-electron chi connectivity index (χ2n) is 5.30. The summed E-state index contributed by atoms with van der Waals surface area (Å²) in [6, 6.07) is 5.81. The fourth-order valence-electron chi connectivity index (χ4n) is 2.15. The standard InChI is InChI=1S/C17H27N3O3/c1-3-4-9-21-12-8-19-17(18-2)20-14-6-7-15-16(13-14)23-11-5-10-22-15/h6-7,13H,3-5,8-12H2,1-2H3,(H2,18,19,20). The minimum Gasteiger partial charge on any atom is -0.490 e. The van der Waals surface area contributed by atoms with Crippen molar-refractivity contribution in [3.63, 3.8) is 0 Å². The van der Waals surface area contributed by atoms with Crippen LogP contribution in [0.5, 0.6) is 11.5 Å². The third-order valence-corrected chi connectivity index (χ3v) is 3.41. The number of unbranched alkanes of at least 4 members (excludes halogenated alkanes) is 1. The Balaban J connectivity index is 1.81. The van der Waals surface area contributed by atoms with Crippen molar-refractivity contribution in [3.8, 4) is 11.5 Å². The molecule has 128 valence electrons. The van der Waals surface area contributed by atoms with E-state index in [4.69, 9.17) is 14.2 Å². The molecule has 0 bridgehead atoms. The number of anilines is 1. The van der Waals surface area contributed by atoms with Crippen molar-refractivity contribution in [1.82, 2.24) is 5.32 Å². The zero-order chi connectivity index (χ0) is 16.3. The molecule has 1 aliphatic heterocycles. The van der Waals surface area contributed by atoms with Gasteiger partial charge in [-0.25, -0.2) is 0 Å². The van der Waals surface area contributed by atoms with E-state index in [1.54, 1.807) is 7.05 Å². The molecule has 0 atom stereocenters. The molecule has 0 amide bonds. The molecule has 6 heteroatoms. The van der Waals surface area contributed by atoms with Crippen LogP contribution in [0.3, 0.4) is 0 Å². The van der Waals surface area contributed by atoms with E-state index in [0.717, 1.165) is 43.1 Å². The van der Waals surface area contributed by atoms with Gasteiger partial charge in [-0.15, -0.1) is 0 Å². The van der Waals surface area contributed by atoms with Crippen LogP contribution in [0, 0.1) is 0 Å². The Hall–Kier alpha value is -1.95. The van der Waals surface area contributed by atoms with Crippen molar-refractivity contribution >= 4 is 11.6 Å². The molecular formula is C17H27N3O3. The van der Waals surface area contributed by atoms with E-state index in [0.29, 0.717) is 32.3 Å². The molecule has 0 saturated heterocycles. The number of benzene rings is 1. The van der Waals surface area contributed by atoms with Gasteiger partial charge in [0.05, 0.1) is 19.8 Å². The van der Waals surface area contributed by atoms with Gasteiger partial charge in [0, 0.05) is 38.4 Å². The van der Waals surface area contributed by atoms with Crippen LogP contribution >= 0.6 is 0 Å². The maximum atomic E-state index is 5.70. The summed E-state index contributed by atoms with van der Waals surface area (Å²) < 4.78 is 16.9. The lowest BCUT2D eigenvalue weighted by Crippen LogP contribution is -2.33. The highest BCUT2D eigenvalue weighted by Gasteiger charge is 2.11. The molecule has 1 aliphatic rings. The van der Waals surface area contributed by atoms with Crippen molar-refractivity contribution in [2.75, 3.05) is 45.3 Å². The first kappa shape index (κ1) is 17.4. The molecule has 0 radical (unpaired) electrons. The van der Waals surface area contributed by atoms with E-state index in [2.05, 4.69) is 22.5 Å². The Bertz CT molecular complexity index is 506. The van der Waals surface area contributed by atoms with Gasteiger partial charge < -0.3 is 24.8 Å². The Morgan fingerprint density at radius 2 is 2.04 bits per heavy atom. The summed E-state index contributed by atoms with van der Waals surface area (Å²) >= 11 is 0. The van der Waals surface area contributed by atoms with Crippen LogP contribution in [0.4, 0.5) is 5.69 Å². The Morgan fingerprint density at radius 3 is 2.83 bits per heavy atom. The van der Waals surface area contributed by atoms with Gasteiger partial charge in [0.15, 0.2) is 17.5 Å². The highest BCUT2D eigenvalue weighted by molar-refractivity contribution is 5.93. The van der Waals surface area contributed by atoms with E-state index < -0.39 is 0 Å². The van der Waals surface area contributed by atoms with E-state index >= 15 is 0 Å². The van der Waals surface area contributed by atoms with Crippen LogP contribution in [-0.2, 0) is 4.74 Å². The number of aliphatic imine (C=N–C) groups is 1. The van der Waals surface area contributed by atoms with E-state index in [9.17, 15) is 0 Å². The SMILES string of the molecule is CCCCOCCNC(=NC)Nc1ccc2c(c1)OCCCO2. The minimum absolute atomic E-state index is 0.668. The largest absolute Gasteiger partial charge is 0.490 e. The monoisotopic (exact) mass is 321 g/mol. The van der Waals surface area contributed by atoms with Crippen LogP contribution in [0.25, 0.3) is 0 Å². The Kier molecular flexibility index (Phi) is 7.52. The van der Waals surface area contributed by atoms with Crippen molar-refractivity contribution < 1.29 is 14.2 Å². The Labute approximate surface area is 138 Å². The minimum atomic E-state index is 0.668. The zero-order valence-corrected chi connectivity index (χ0v) is 14.1. The zero-order valence-electron chi connectivity index (χ0n) is 14.1. The molecule has 2 rings (SSSR count). The first-order chi connectivity index (χ1) is 11.3. The van der Waals surface area contributed by atoms with Gasteiger partial charge in [-0.1, -0.05) is 13.3 Å². The van der Waals surface area contributed by atoms with Gasteiger partial charge >= 0.3 is 0 Å². The smallest absolute Gasteiger partial charge is 0.195 e. The topological polar surface area (TPSA) is 64.1 Å². The molecule has 23 heavy (non-hydrogen) atoms. The van der Waals surface area contributed by atoms with Gasteiger partial charge in [0.2, 0.25) is 0 Å². The summed E-state index contributed by atoms with van der Waals surface area (Å²) in [6.07, 6.45) is 3.16. The van der Waals surface area contributed by atoms with Crippen molar-refractivity contribution in [1.29, 1.82) is 0 Å². The van der Waals surface area contributed by atoms with Gasteiger partial charge in [-0.05, 0) is 18.6 Å². The first-order valence-corrected chi connectivity index (χ1v) is 8.28. The lowest BCUT2D eigenvalue weighted by Gasteiger charge is -2.14. The predicted molar refractivity (Wildman–Crippen MR) is 92.8 cm³/mol. The third-order valence-electron chi connectivity index (χ3n) is 3.41. The molecule has 1 heterocycles. The number of hydrogen-bond acceptors (Lipinski definition) is 4. The molecule has 2 N–H and O–H groups in total. The number of nitrogens with zero attached hydrogens (tertiary/aromatic N) is 1. The fraction of sp³-hybridized carbons (Fsp3) is 0.588. The summed E-state index contributed by atoms with van der Waals surface area (Å²) in [4.78, 5) is 4.21. The van der Waals surface area contributed by atoms with E-state index in [1.165, 1.54) is 0 Å². The maximum Gasteiger partial charge on any atom is 0.195 e. The molecule has 6 nitrogen and oxygen atoms in total. The lowest BCUT2D eigenvalue weighted by atomic mass is 10.3. The van der Waals surface area contributed by atoms with Crippen LogP contribution in [0.15, 0.2) is 23.2 Å². The fourth-order valence-corrected chi connectivity index (χ4v) is 2.15. The number of fused-ring (bicyclic) bond motifs is 1. The number of rotatable bonds is 7. The normalized spacial score (nSPS) is 14.3. The van der Waals surface area contributed by atoms with E-state index in [-0.39, 0.29) is 0 Å². The number of ether oxygens (including phenoxy) is 3. The second kappa shape index (κ2) is 9.94. The molecule has 0 spiro atoms. The summed E-state index contributed by atoms with van der Waals surface area (Å²) in [5.74, 6) is 2.27. The second-order valence-corrected chi connectivity index (χ2v) is 5.30.